The number of nitrogens with one attached hydrogen (secondary N) is 3. The summed E-state index contributed by atoms with van der Waals surface area (Å²) >= 11 is 0. The topological polar surface area (TPSA) is 88.0 Å². The molecule has 126 valence electrons. The predicted molar refractivity (Wildman–Crippen MR) is 90.7 cm³/mol. The van der Waals surface area contributed by atoms with Crippen LogP contribution < -0.4 is 16.0 Å². The minimum atomic E-state index is -0.113. The summed E-state index contributed by atoms with van der Waals surface area (Å²) in [6.45, 7) is 2.30. The molecule has 2 amide bonds. The SMILES string of the molecule is O=C(CCn1ccnc1)Nc1cccc(C(=O)NC2CCNC2)c1. The molecule has 1 saturated heterocycles. The highest BCUT2D eigenvalue weighted by Gasteiger charge is 2.17. The van der Waals surface area contributed by atoms with Crippen LogP contribution in [0.4, 0.5) is 5.69 Å². The molecule has 24 heavy (non-hydrogen) atoms. The van der Waals surface area contributed by atoms with Gasteiger partial charge >= 0.3 is 0 Å². The molecule has 3 rings (SSSR count). The highest BCUT2D eigenvalue weighted by atomic mass is 16.2. The molecule has 2 aromatic rings. The van der Waals surface area contributed by atoms with Crippen molar-refractivity contribution in [3.63, 3.8) is 0 Å². The van der Waals surface area contributed by atoms with Crippen molar-refractivity contribution in [3.8, 4) is 0 Å². The second-order valence-corrected chi connectivity index (χ2v) is 5.84. The molecule has 7 heteroatoms. The average molecular weight is 327 g/mol. The highest BCUT2D eigenvalue weighted by Crippen LogP contribution is 2.12. The van der Waals surface area contributed by atoms with Crippen LogP contribution in [0.1, 0.15) is 23.2 Å². The Labute approximate surface area is 140 Å². The highest BCUT2D eigenvalue weighted by molar-refractivity contribution is 5.97. The lowest BCUT2D eigenvalue weighted by atomic mass is 10.1. The number of carbonyl (C=O) groups excluding carboxylic acids is 2. The molecule has 0 bridgehead atoms. The number of aromatic nitrogens is 2. The molecule has 3 N–H and O–H groups in total. The molecular weight excluding hydrogens is 306 g/mol. The van der Waals surface area contributed by atoms with Crippen LogP contribution in [0.3, 0.4) is 0 Å². The molecular formula is C17H21N5O2. The minimum Gasteiger partial charge on any atom is -0.348 e. The van der Waals surface area contributed by atoms with Gasteiger partial charge in [-0.1, -0.05) is 6.07 Å². The van der Waals surface area contributed by atoms with E-state index in [1.165, 1.54) is 0 Å². The van der Waals surface area contributed by atoms with Crippen LogP contribution in [0.25, 0.3) is 0 Å². The number of benzene rings is 1. The Morgan fingerprint density at radius 3 is 3.04 bits per heavy atom. The third kappa shape index (κ3) is 4.42. The van der Waals surface area contributed by atoms with E-state index in [1.807, 2.05) is 10.8 Å². The van der Waals surface area contributed by atoms with E-state index < -0.39 is 0 Å². The van der Waals surface area contributed by atoms with Crippen molar-refractivity contribution < 1.29 is 9.59 Å². The van der Waals surface area contributed by atoms with Gasteiger partial charge in [-0.15, -0.1) is 0 Å². The monoisotopic (exact) mass is 327 g/mol. The Morgan fingerprint density at radius 1 is 1.38 bits per heavy atom. The normalized spacial score (nSPS) is 16.8. The summed E-state index contributed by atoms with van der Waals surface area (Å²) in [5.74, 6) is -0.209. The standard InChI is InChI=1S/C17H21N5O2/c23-16(5-8-22-9-7-19-12-22)20-14-3-1-2-13(10-14)17(24)21-15-4-6-18-11-15/h1-3,7,9-10,12,15,18H,4-6,8,11H2,(H,20,23)(H,21,24). The van der Waals surface area contributed by atoms with Gasteiger partial charge in [-0.05, 0) is 31.2 Å². The molecule has 1 aliphatic rings. The van der Waals surface area contributed by atoms with Crippen LogP contribution in [0.5, 0.6) is 0 Å². The maximum absolute atomic E-state index is 12.3. The van der Waals surface area contributed by atoms with E-state index >= 15 is 0 Å². The smallest absolute Gasteiger partial charge is 0.251 e. The maximum Gasteiger partial charge on any atom is 0.251 e. The third-order valence-corrected chi connectivity index (χ3v) is 3.96. The largest absolute Gasteiger partial charge is 0.348 e. The van der Waals surface area contributed by atoms with Gasteiger partial charge in [0, 0.05) is 49.2 Å². The molecule has 1 aromatic heterocycles. The van der Waals surface area contributed by atoms with E-state index in [4.69, 9.17) is 0 Å². The first-order chi connectivity index (χ1) is 11.7. The lowest BCUT2D eigenvalue weighted by Crippen LogP contribution is -2.36. The number of hydrogen-bond acceptors (Lipinski definition) is 4. The molecule has 0 spiro atoms. The fourth-order valence-electron chi connectivity index (χ4n) is 2.66. The Balaban J connectivity index is 1.54. The molecule has 1 unspecified atom stereocenters. The van der Waals surface area contributed by atoms with Gasteiger partial charge in [0.05, 0.1) is 6.33 Å². The first-order valence-corrected chi connectivity index (χ1v) is 8.08. The van der Waals surface area contributed by atoms with Crippen LogP contribution in [0.2, 0.25) is 0 Å². The Hall–Kier alpha value is -2.67. The second kappa shape index (κ2) is 7.74. The third-order valence-electron chi connectivity index (χ3n) is 3.96. The number of imidazole rings is 1. The van der Waals surface area contributed by atoms with Crippen molar-refractivity contribution in [1.29, 1.82) is 0 Å². The number of aryl methyl sites for hydroxylation is 1. The van der Waals surface area contributed by atoms with Gasteiger partial charge in [-0.2, -0.15) is 0 Å². The molecule has 2 heterocycles. The number of rotatable bonds is 6. The average Bonchev–Trinajstić information content (AvgIpc) is 3.27. The fraction of sp³-hybridized carbons (Fsp3) is 0.353. The lowest BCUT2D eigenvalue weighted by Gasteiger charge is -2.12. The zero-order chi connectivity index (χ0) is 16.8. The van der Waals surface area contributed by atoms with Crippen molar-refractivity contribution in [2.24, 2.45) is 0 Å². The van der Waals surface area contributed by atoms with E-state index in [-0.39, 0.29) is 17.9 Å². The molecule has 1 atom stereocenters. The summed E-state index contributed by atoms with van der Waals surface area (Å²) in [7, 11) is 0. The molecule has 1 fully saturated rings. The van der Waals surface area contributed by atoms with Crippen molar-refractivity contribution in [2.45, 2.75) is 25.4 Å². The summed E-state index contributed by atoms with van der Waals surface area (Å²) in [5.41, 5.74) is 1.18. The van der Waals surface area contributed by atoms with Crippen LogP contribution in [0, 0.1) is 0 Å². The van der Waals surface area contributed by atoms with Crippen molar-refractivity contribution in [1.82, 2.24) is 20.2 Å². The summed E-state index contributed by atoms with van der Waals surface area (Å²) < 4.78 is 1.85. The fourth-order valence-corrected chi connectivity index (χ4v) is 2.66. The van der Waals surface area contributed by atoms with Gasteiger partial charge in [-0.25, -0.2) is 4.98 Å². The van der Waals surface area contributed by atoms with E-state index in [1.54, 1.807) is 36.8 Å². The quantitative estimate of drug-likeness (QED) is 0.739. The number of anilines is 1. The van der Waals surface area contributed by atoms with Gasteiger partial charge in [0.25, 0.3) is 5.91 Å². The number of carbonyl (C=O) groups is 2. The second-order valence-electron chi connectivity index (χ2n) is 5.84. The first-order valence-electron chi connectivity index (χ1n) is 8.08. The van der Waals surface area contributed by atoms with Crippen LogP contribution in [-0.2, 0) is 11.3 Å². The molecule has 0 radical (unpaired) electrons. The van der Waals surface area contributed by atoms with Crippen molar-refractivity contribution >= 4 is 17.5 Å². The number of nitrogens with zero attached hydrogens (tertiary/aromatic N) is 2. The zero-order valence-corrected chi connectivity index (χ0v) is 13.4. The minimum absolute atomic E-state index is 0.0961. The van der Waals surface area contributed by atoms with E-state index in [0.717, 1.165) is 19.5 Å². The van der Waals surface area contributed by atoms with Gasteiger partial charge in [-0.3, -0.25) is 9.59 Å². The summed E-state index contributed by atoms with van der Waals surface area (Å²) in [4.78, 5) is 28.2. The lowest BCUT2D eigenvalue weighted by molar-refractivity contribution is -0.116. The van der Waals surface area contributed by atoms with Gasteiger partial charge in [0.15, 0.2) is 0 Å². The number of hydrogen-bond donors (Lipinski definition) is 3. The first kappa shape index (κ1) is 16.2. The number of amides is 2. The maximum atomic E-state index is 12.3. The van der Waals surface area contributed by atoms with Crippen LogP contribution in [-0.4, -0.2) is 40.5 Å². The molecule has 1 aliphatic heterocycles. The van der Waals surface area contributed by atoms with E-state index in [2.05, 4.69) is 20.9 Å². The Bertz CT molecular complexity index is 693. The van der Waals surface area contributed by atoms with Gasteiger partial charge in [0.1, 0.15) is 0 Å². The van der Waals surface area contributed by atoms with Crippen molar-refractivity contribution in [2.75, 3.05) is 18.4 Å². The molecule has 0 aliphatic carbocycles. The van der Waals surface area contributed by atoms with Crippen LogP contribution >= 0.6 is 0 Å². The molecule has 7 nitrogen and oxygen atoms in total. The predicted octanol–water partition coefficient (Wildman–Crippen LogP) is 1.00. The summed E-state index contributed by atoms with van der Waals surface area (Å²) in [5, 5.41) is 9.04. The van der Waals surface area contributed by atoms with E-state index in [9.17, 15) is 9.59 Å². The molecule has 0 saturated carbocycles. The zero-order valence-electron chi connectivity index (χ0n) is 13.4. The van der Waals surface area contributed by atoms with Gasteiger partial charge < -0.3 is 20.5 Å². The summed E-state index contributed by atoms with van der Waals surface area (Å²) in [6.07, 6.45) is 6.46. The summed E-state index contributed by atoms with van der Waals surface area (Å²) in [6, 6.07) is 7.17. The Morgan fingerprint density at radius 2 is 2.29 bits per heavy atom. The van der Waals surface area contributed by atoms with Crippen LogP contribution in [0.15, 0.2) is 43.0 Å². The van der Waals surface area contributed by atoms with Gasteiger partial charge in [0.2, 0.25) is 5.91 Å². The van der Waals surface area contributed by atoms with E-state index in [0.29, 0.717) is 24.2 Å². The Kier molecular flexibility index (Phi) is 5.22. The van der Waals surface area contributed by atoms with Crippen molar-refractivity contribution in [3.05, 3.63) is 48.5 Å². The molecule has 1 aromatic carbocycles.